The third kappa shape index (κ3) is 4.30. The summed E-state index contributed by atoms with van der Waals surface area (Å²) in [6.07, 6.45) is 3.84. The maximum atomic E-state index is 12.8. The van der Waals surface area contributed by atoms with Crippen molar-refractivity contribution in [3.05, 3.63) is 53.3 Å². The number of hydrogen-bond donors (Lipinski definition) is 2. The molecule has 0 unspecified atom stereocenters. The lowest BCUT2D eigenvalue weighted by atomic mass is 9.85. The van der Waals surface area contributed by atoms with E-state index in [1.165, 1.54) is 0 Å². The fourth-order valence-electron chi connectivity index (χ4n) is 4.31. The fourth-order valence-corrected chi connectivity index (χ4v) is 4.31. The number of H-pyrrole nitrogens is 1. The summed E-state index contributed by atoms with van der Waals surface area (Å²) in [7, 11) is 0. The van der Waals surface area contributed by atoms with Crippen LogP contribution in [0.25, 0.3) is 11.0 Å². The molecule has 0 spiro atoms. The average Bonchev–Trinajstić information content (AvgIpc) is 3.22. The van der Waals surface area contributed by atoms with E-state index < -0.39 is 0 Å². The van der Waals surface area contributed by atoms with Crippen molar-refractivity contribution in [3.8, 4) is 17.6 Å². The van der Waals surface area contributed by atoms with E-state index in [0.717, 1.165) is 42.5 Å². The van der Waals surface area contributed by atoms with Gasteiger partial charge in [-0.3, -0.25) is 4.79 Å². The lowest BCUT2D eigenvalue weighted by Gasteiger charge is -2.29. The molecule has 8 heteroatoms. The van der Waals surface area contributed by atoms with Crippen LogP contribution < -0.4 is 14.8 Å². The normalized spacial score (nSPS) is 19.8. The number of amides is 1. The molecular formula is C23H23ClN4O3. The van der Waals surface area contributed by atoms with Gasteiger partial charge in [0.05, 0.1) is 22.7 Å². The molecular weight excluding hydrogens is 416 g/mol. The van der Waals surface area contributed by atoms with Crippen LogP contribution in [0.2, 0.25) is 0 Å². The van der Waals surface area contributed by atoms with Crippen LogP contribution in [0.4, 0.5) is 0 Å². The monoisotopic (exact) mass is 438 g/mol. The van der Waals surface area contributed by atoms with Crippen LogP contribution in [-0.4, -0.2) is 35.1 Å². The van der Waals surface area contributed by atoms with E-state index in [4.69, 9.17) is 19.7 Å². The van der Waals surface area contributed by atoms with Gasteiger partial charge in [0, 0.05) is 17.5 Å². The summed E-state index contributed by atoms with van der Waals surface area (Å²) in [6, 6.07) is 13.0. The highest BCUT2D eigenvalue weighted by atomic mass is 35.5. The minimum atomic E-state index is -0.0964. The summed E-state index contributed by atoms with van der Waals surface area (Å²) in [5, 5.41) is 12.3. The molecule has 1 aromatic heterocycles. The smallest absolute Gasteiger partial charge is 0.251 e. The van der Waals surface area contributed by atoms with Crippen LogP contribution >= 0.6 is 12.4 Å². The lowest BCUT2D eigenvalue weighted by Crippen LogP contribution is -2.38. The van der Waals surface area contributed by atoms with Crippen molar-refractivity contribution in [2.45, 2.75) is 37.6 Å². The van der Waals surface area contributed by atoms with Crippen molar-refractivity contribution in [1.82, 2.24) is 15.3 Å². The molecule has 1 aliphatic heterocycles. The second-order valence-corrected chi connectivity index (χ2v) is 7.86. The quantitative estimate of drug-likeness (QED) is 0.641. The van der Waals surface area contributed by atoms with E-state index in [-0.39, 0.29) is 30.3 Å². The van der Waals surface area contributed by atoms with Gasteiger partial charge in [-0.25, -0.2) is 4.98 Å². The summed E-state index contributed by atoms with van der Waals surface area (Å²) in [4.78, 5) is 20.9. The Labute approximate surface area is 186 Å². The van der Waals surface area contributed by atoms with Crippen LogP contribution in [0.5, 0.6) is 11.5 Å². The van der Waals surface area contributed by atoms with Crippen LogP contribution in [0.1, 0.15) is 53.3 Å². The molecule has 2 atom stereocenters. The van der Waals surface area contributed by atoms with Crippen molar-refractivity contribution >= 4 is 29.3 Å². The molecule has 31 heavy (non-hydrogen) atoms. The second kappa shape index (κ2) is 8.86. The molecule has 0 saturated heterocycles. The fraction of sp³-hybridized carbons (Fsp3) is 0.348. The van der Waals surface area contributed by atoms with E-state index in [1.807, 2.05) is 12.1 Å². The Hall–Kier alpha value is -3.24. The number of nitrogens with zero attached hydrogens (tertiary/aromatic N) is 2. The van der Waals surface area contributed by atoms with Gasteiger partial charge in [0.2, 0.25) is 0 Å². The molecule has 160 valence electrons. The van der Waals surface area contributed by atoms with Crippen molar-refractivity contribution in [2.75, 3.05) is 13.2 Å². The first-order valence-corrected chi connectivity index (χ1v) is 10.3. The molecule has 2 N–H and O–H groups in total. The van der Waals surface area contributed by atoms with Gasteiger partial charge in [-0.15, -0.1) is 12.4 Å². The number of halogens is 1. The Balaban J connectivity index is 0.00000231. The number of rotatable bonds is 3. The van der Waals surface area contributed by atoms with E-state index in [0.29, 0.717) is 35.8 Å². The molecule has 1 aliphatic carbocycles. The van der Waals surface area contributed by atoms with Gasteiger partial charge < -0.3 is 19.8 Å². The molecule has 7 nitrogen and oxygen atoms in total. The van der Waals surface area contributed by atoms with E-state index in [2.05, 4.69) is 16.4 Å². The molecule has 2 aliphatic rings. The zero-order chi connectivity index (χ0) is 20.5. The van der Waals surface area contributed by atoms with Crippen LogP contribution in [0.15, 0.2) is 36.4 Å². The highest BCUT2D eigenvalue weighted by molar-refractivity contribution is 5.95. The van der Waals surface area contributed by atoms with Gasteiger partial charge in [0.1, 0.15) is 19.0 Å². The zero-order valence-electron chi connectivity index (χ0n) is 16.9. The van der Waals surface area contributed by atoms with Gasteiger partial charge in [-0.05, 0) is 55.7 Å². The molecule has 3 aromatic rings. The average molecular weight is 439 g/mol. The molecule has 0 bridgehead atoms. The number of imidazole rings is 1. The molecule has 1 fully saturated rings. The molecule has 1 amide bonds. The first-order valence-electron chi connectivity index (χ1n) is 10.3. The third-order valence-corrected chi connectivity index (χ3v) is 5.83. The van der Waals surface area contributed by atoms with Crippen molar-refractivity contribution in [3.63, 3.8) is 0 Å². The SMILES string of the molecule is Cl.N#Cc1ccc2nc([C@H]3CCC[C@@H](NC(=O)c4ccc5c(c4)OCCO5)C3)[nH]c2c1. The lowest BCUT2D eigenvalue weighted by molar-refractivity contribution is 0.0923. The van der Waals surface area contributed by atoms with Gasteiger partial charge in [0.25, 0.3) is 5.91 Å². The van der Waals surface area contributed by atoms with E-state index in [9.17, 15) is 4.79 Å². The number of nitrogens with one attached hydrogen (secondary N) is 2. The molecule has 5 rings (SSSR count). The third-order valence-electron chi connectivity index (χ3n) is 5.83. The topological polar surface area (TPSA) is 100 Å². The number of aromatic nitrogens is 2. The predicted octanol–water partition coefficient (Wildman–Crippen LogP) is 4.08. The van der Waals surface area contributed by atoms with Crippen molar-refractivity contribution < 1.29 is 14.3 Å². The number of benzene rings is 2. The minimum Gasteiger partial charge on any atom is -0.486 e. The van der Waals surface area contributed by atoms with Gasteiger partial charge in [-0.2, -0.15) is 5.26 Å². The Bertz CT molecular complexity index is 1150. The van der Waals surface area contributed by atoms with Gasteiger partial charge >= 0.3 is 0 Å². The summed E-state index contributed by atoms with van der Waals surface area (Å²) < 4.78 is 11.1. The summed E-state index contributed by atoms with van der Waals surface area (Å²) in [6.45, 7) is 1.03. The van der Waals surface area contributed by atoms with Crippen LogP contribution in [-0.2, 0) is 0 Å². The van der Waals surface area contributed by atoms with E-state index >= 15 is 0 Å². The van der Waals surface area contributed by atoms with Crippen molar-refractivity contribution in [1.29, 1.82) is 5.26 Å². The van der Waals surface area contributed by atoms with E-state index in [1.54, 1.807) is 24.3 Å². The van der Waals surface area contributed by atoms with Gasteiger partial charge in [-0.1, -0.05) is 6.42 Å². The number of hydrogen-bond acceptors (Lipinski definition) is 5. The summed E-state index contributed by atoms with van der Waals surface area (Å²) in [5.41, 5.74) is 2.94. The Morgan fingerprint density at radius 1 is 1.13 bits per heavy atom. The maximum Gasteiger partial charge on any atom is 0.251 e. The number of aromatic amines is 1. The van der Waals surface area contributed by atoms with Crippen LogP contribution in [0.3, 0.4) is 0 Å². The Morgan fingerprint density at radius 3 is 2.81 bits per heavy atom. The molecule has 0 radical (unpaired) electrons. The summed E-state index contributed by atoms with van der Waals surface area (Å²) in [5.74, 6) is 2.39. The number of carbonyl (C=O) groups is 1. The largest absolute Gasteiger partial charge is 0.486 e. The first kappa shape index (κ1) is 21.0. The standard InChI is InChI=1S/C23H22N4O3.ClH/c24-13-14-4-6-18-19(10-14)27-22(26-18)15-2-1-3-17(11-15)25-23(28)16-5-7-20-21(12-16)30-9-8-29-20;/h4-7,10,12,15,17H,1-3,8-9,11H2,(H,25,28)(H,26,27);1H/t15-,17+;/m0./s1. The summed E-state index contributed by atoms with van der Waals surface area (Å²) >= 11 is 0. The predicted molar refractivity (Wildman–Crippen MR) is 118 cm³/mol. The molecule has 1 saturated carbocycles. The second-order valence-electron chi connectivity index (χ2n) is 7.86. The highest BCUT2D eigenvalue weighted by Gasteiger charge is 2.27. The Morgan fingerprint density at radius 2 is 1.97 bits per heavy atom. The van der Waals surface area contributed by atoms with Crippen LogP contribution in [0, 0.1) is 11.3 Å². The van der Waals surface area contributed by atoms with Gasteiger partial charge in [0.15, 0.2) is 11.5 Å². The first-order chi connectivity index (χ1) is 14.7. The number of carbonyl (C=O) groups excluding carboxylic acids is 1. The number of fused-ring (bicyclic) bond motifs is 2. The molecule has 2 aromatic carbocycles. The maximum absolute atomic E-state index is 12.8. The Kier molecular flexibility index (Phi) is 6.01. The number of ether oxygens (including phenoxy) is 2. The number of nitriles is 1. The highest BCUT2D eigenvalue weighted by Crippen LogP contribution is 2.34. The van der Waals surface area contributed by atoms with Crippen molar-refractivity contribution in [2.24, 2.45) is 0 Å². The molecule has 2 heterocycles. The minimum absolute atomic E-state index is 0. The zero-order valence-corrected chi connectivity index (χ0v) is 17.7.